The number of benzene rings is 2. The maximum Gasteiger partial charge on any atom is 0.227 e. The first kappa shape index (κ1) is 13.7. The summed E-state index contributed by atoms with van der Waals surface area (Å²) >= 11 is 0. The highest BCUT2D eigenvalue weighted by atomic mass is 16.2. The number of aryl methyl sites for hydroxylation is 2. The fourth-order valence-corrected chi connectivity index (χ4v) is 2.91. The van der Waals surface area contributed by atoms with Crippen LogP contribution in [-0.2, 0) is 17.6 Å². The van der Waals surface area contributed by atoms with E-state index in [-0.39, 0.29) is 5.91 Å². The SMILES string of the molecule is Nc1ccc2c(c1)CCCN2C(=O)CCc1ccccc1. The van der Waals surface area contributed by atoms with E-state index in [1.807, 2.05) is 41.3 Å². The van der Waals surface area contributed by atoms with Crippen molar-refractivity contribution in [2.75, 3.05) is 17.2 Å². The van der Waals surface area contributed by atoms with Gasteiger partial charge in [0.25, 0.3) is 0 Å². The minimum Gasteiger partial charge on any atom is -0.399 e. The molecule has 0 atom stereocenters. The van der Waals surface area contributed by atoms with Gasteiger partial charge in [-0.3, -0.25) is 4.79 Å². The van der Waals surface area contributed by atoms with Crippen molar-refractivity contribution < 1.29 is 4.79 Å². The summed E-state index contributed by atoms with van der Waals surface area (Å²) in [7, 11) is 0. The Balaban J connectivity index is 1.71. The van der Waals surface area contributed by atoms with Crippen molar-refractivity contribution in [2.45, 2.75) is 25.7 Å². The number of nitrogens with two attached hydrogens (primary N) is 1. The van der Waals surface area contributed by atoms with Gasteiger partial charge in [-0.25, -0.2) is 0 Å². The standard InChI is InChI=1S/C18H20N2O/c19-16-9-10-17-15(13-16)7-4-12-20(17)18(21)11-8-14-5-2-1-3-6-14/h1-3,5-6,9-10,13H,4,7-8,11-12,19H2. The first-order valence-electron chi connectivity index (χ1n) is 7.47. The molecular weight excluding hydrogens is 260 g/mol. The highest BCUT2D eigenvalue weighted by Gasteiger charge is 2.22. The second-order valence-electron chi connectivity index (χ2n) is 5.52. The molecule has 0 spiro atoms. The van der Waals surface area contributed by atoms with Crippen molar-refractivity contribution in [3.8, 4) is 0 Å². The van der Waals surface area contributed by atoms with Crippen molar-refractivity contribution in [1.29, 1.82) is 0 Å². The molecule has 0 unspecified atom stereocenters. The van der Waals surface area contributed by atoms with E-state index in [2.05, 4.69) is 12.1 Å². The number of nitrogen functional groups attached to an aromatic ring is 1. The molecule has 3 heteroatoms. The number of rotatable bonds is 3. The number of amides is 1. The molecule has 3 nitrogen and oxygen atoms in total. The first-order chi connectivity index (χ1) is 10.2. The molecule has 2 aromatic rings. The van der Waals surface area contributed by atoms with Crippen molar-refractivity contribution >= 4 is 17.3 Å². The third kappa shape index (κ3) is 3.07. The molecule has 2 N–H and O–H groups in total. The van der Waals surface area contributed by atoms with E-state index in [0.29, 0.717) is 6.42 Å². The van der Waals surface area contributed by atoms with Gasteiger partial charge in [-0.1, -0.05) is 30.3 Å². The number of hydrogen-bond donors (Lipinski definition) is 1. The molecule has 0 saturated carbocycles. The van der Waals surface area contributed by atoms with Gasteiger partial charge in [-0.05, 0) is 48.6 Å². The monoisotopic (exact) mass is 280 g/mol. The zero-order valence-corrected chi connectivity index (χ0v) is 12.1. The summed E-state index contributed by atoms with van der Waals surface area (Å²) in [6.45, 7) is 0.810. The molecular formula is C18H20N2O. The van der Waals surface area contributed by atoms with Crippen LogP contribution < -0.4 is 10.6 Å². The average Bonchev–Trinajstić information content (AvgIpc) is 2.52. The summed E-state index contributed by atoms with van der Waals surface area (Å²) in [6, 6.07) is 16.0. The molecule has 108 valence electrons. The largest absolute Gasteiger partial charge is 0.399 e. The van der Waals surface area contributed by atoms with Crippen LogP contribution in [0.2, 0.25) is 0 Å². The zero-order valence-electron chi connectivity index (χ0n) is 12.1. The fraction of sp³-hybridized carbons (Fsp3) is 0.278. The van der Waals surface area contributed by atoms with E-state index in [1.165, 1.54) is 11.1 Å². The summed E-state index contributed by atoms with van der Waals surface area (Å²) in [5.41, 5.74) is 10.0. The molecule has 21 heavy (non-hydrogen) atoms. The molecule has 0 bridgehead atoms. The van der Waals surface area contributed by atoms with Gasteiger partial charge < -0.3 is 10.6 Å². The molecule has 0 fully saturated rings. The maximum atomic E-state index is 12.5. The van der Waals surface area contributed by atoms with E-state index in [1.54, 1.807) is 0 Å². The normalized spacial score (nSPS) is 13.8. The lowest BCUT2D eigenvalue weighted by molar-refractivity contribution is -0.118. The molecule has 1 aliphatic rings. The highest BCUT2D eigenvalue weighted by molar-refractivity contribution is 5.95. The third-order valence-corrected chi connectivity index (χ3v) is 3.99. The van der Waals surface area contributed by atoms with Crippen LogP contribution in [0.15, 0.2) is 48.5 Å². The molecule has 1 heterocycles. The molecule has 1 amide bonds. The topological polar surface area (TPSA) is 46.3 Å². The van der Waals surface area contributed by atoms with E-state index in [0.717, 1.165) is 37.2 Å². The quantitative estimate of drug-likeness (QED) is 0.878. The van der Waals surface area contributed by atoms with Crippen LogP contribution in [0.1, 0.15) is 24.0 Å². The first-order valence-corrected chi connectivity index (χ1v) is 7.47. The Bertz CT molecular complexity index is 637. The summed E-state index contributed by atoms with van der Waals surface area (Å²) in [5.74, 6) is 0.199. The van der Waals surface area contributed by atoms with Gasteiger partial charge in [0.05, 0.1) is 0 Å². The Morgan fingerprint density at radius 2 is 1.95 bits per heavy atom. The van der Waals surface area contributed by atoms with E-state index in [9.17, 15) is 4.79 Å². The summed E-state index contributed by atoms with van der Waals surface area (Å²) in [6.07, 6.45) is 3.35. The third-order valence-electron chi connectivity index (χ3n) is 3.99. The highest BCUT2D eigenvalue weighted by Crippen LogP contribution is 2.29. The van der Waals surface area contributed by atoms with Crippen LogP contribution in [0.4, 0.5) is 11.4 Å². The molecule has 1 aliphatic heterocycles. The van der Waals surface area contributed by atoms with Crippen molar-refractivity contribution in [3.05, 3.63) is 59.7 Å². The van der Waals surface area contributed by atoms with E-state index >= 15 is 0 Å². The lowest BCUT2D eigenvalue weighted by atomic mass is 10.00. The number of fused-ring (bicyclic) bond motifs is 1. The second-order valence-corrected chi connectivity index (χ2v) is 5.52. The smallest absolute Gasteiger partial charge is 0.227 e. The second kappa shape index (κ2) is 6.00. The predicted octanol–water partition coefficient (Wildman–Crippen LogP) is 3.18. The van der Waals surface area contributed by atoms with Crippen LogP contribution in [0.5, 0.6) is 0 Å². The average molecular weight is 280 g/mol. The Hall–Kier alpha value is -2.29. The number of hydrogen-bond acceptors (Lipinski definition) is 2. The lowest BCUT2D eigenvalue weighted by Crippen LogP contribution is -2.35. The van der Waals surface area contributed by atoms with Crippen LogP contribution in [0.25, 0.3) is 0 Å². The van der Waals surface area contributed by atoms with Gasteiger partial charge in [-0.2, -0.15) is 0 Å². The fourth-order valence-electron chi connectivity index (χ4n) is 2.91. The molecule has 2 aromatic carbocycles. The maximum absolute atomic E-state index is 12.5. The van der Waals surface area contributed by atoms with Crippen molar-refractivity contribution in [2.24, 2.45) is 0 Å². The van der Waals surface area contributed by atoms with Crippen molar-refractivity contribution in [1.82, 2.24) is 0 Å². The minimum atomic E-state index is 0.199. The summed E-state index contributed by atoms with van der Waals surface area (Å²) < 4.78 is 0. The Labute approximate surface area is 125 Å². The van der Waals surface area contributed by atoms with Gasteiger partial charge in [0.15, 0.2) is 0 Å². The van der Waals surface area contributed by atoms with E-state index in [4.69, 9.17) is 5.73 Å². The predicted molar refractivity (Wildman–Crippen MR) is 86.3 cm³/mol. The molecule has 0 aliphatic carbocycles. The molecule has 0 saturated heterocycles. The zero-order chi connectivity index (χ0) is 14.7. The van der Waals surface area contributed by atoms with Gasteiger partial charge in [0, 0.05) is 24.3 Å². The van der Waals surface area contributed by atoms with Crippen molar-refractivity contribution in [3.63, 3.8) is 0 Å². The summed E-state index contributed by atoms with van der Waals surface area (Å²) in [5, 5.41) is 0. The number of carbonyl (C=O) groups excluding carboxylic acids is 1. The van der Waals surface area contributed by atoms with Crippen LogP contribution in [-0.4, -0.2) is 12.5 Å². The van der Waals surface area contributed by atoms with Crippen LogP contribution >= 0.6 is 0 Å². The Morgan fingerprint density at radius 3 is 2.76 bits per heavy atom. The minimum absolute atomic E-state index is 0.199. The molecule has 0 aromatic heterocycles. The lowest BCUT2D eigenvalue weighted by Gasteiger charge is -2.29. The molecule has 0 radical (unpaired) electrons. The Morgan fingerprint density at radius 1 is 1.14 bits per heavy atom. The van der Waals surface area contributed by atoms with E-state index < -0.39 is 0 Å². The Kier molecular flexibility index (Phi) is 3.91. The summed E-state index contributed by atoms with van der Waals surface area (Å²) in [4.78, 5) is 14.4. The van der Waals surface area contributed by atoms with Gasteiger partial charge >= 0.3 is 0 Å². The van der Waals surface area contributed by atoms with Gasteiger partial charge in [0.2, 0.25) is 5.91 Å². The number of anilines is 2. The van der Waals surface area contributed by atoms with Gasteiger partial charge in [0.1, 0.15) is 0 Å². The number of nitrogens with zero attached hydrogens (tertiary/aromatic N) is 1. The molecule has 3 rings (SSSR count). The van der Waals surface area contributed by atoms with Crippen LogP contribution in [0.3, 0.4) is 0 Å². The van der Waals surface area contributed by atoms with Gasteiger partial charge in [-0.15, -0.1) is 0 Å². The number of carbonyl (C=O) groups is 1. The van der Waals surface area contributed by atoms with Crippen LogP contribution in [0, 0.1) is 0 Å².